The van der Waals surface area contributed by atoms with Gasteiger partial charge in [0.15, 0.2) is 0 Å². The fraction of sp³-hybridized carbons (Fsp3) is 0.318. The zero-order valence-electron chi connectivity index (χ0n) is 16.0. The first kappa shape index (κ1) is 18.4. The monoisotopic (exact) mass is 377 g/mol. The number of hydrogen-bond donors (Lipinski definition) is 0. The van der Waals surface area contributed by atoms with Gasteiger partial charge in [0.1, 0.15) is 6.04 Å². The van der Waals surface area contributed by atoms with Crippen LogP contribution >= 0.6 is 0 Å². The van der Waals surface area contributed by atoms with E-state index < -0.39 is 0 Å². The molecule has 1 amide bonds. The molecule has 144 valence electrons. The predicted octanol–water partition coefficient (Wildman–Crippen LogP) is 3.57. The lowest BCUT2D eigenvalue weighted by Crippen LogP contribution is -2.32. The van der Waals surface area contributed by atoms with E-state index in [1.807, 2.05) is 42.5 Å². The lowest BCUT2D eigenvalue weighted by molar-refractivity contribution is 0.0673. The van der Waals surface area contributed by atoms with Gasteiger partial charge in [0.25, 0.3) is 5.91 Å². The molecule has 1 aliphatic heterocycles. The molecule has 3 aromatic rings. The minimum absolute atomic E-state index is 0.0352. The molecule has 6 nitrogen and oxygen atoms in total. The Morgan fingerprint density at radius 1 is 1.14 bits per heavy atom. The standard InChI is InChI=1S/C22H23N3O3/c1-15-23-24-21(28-15)20-13-18(27-2)14-25(20)22(26)19-11-7-6-10-17(19)12-16-8-4-3-5-9-16/h3-11,18,20H,12-14H2,1-2H3/t18-,20+/m0/s1. The van der Waals surface area contributed by atoms with E-state index in [1.54, 1.807) is 18.9 Å². The maximum atomic E-state index is 13.5. The number of aromatic nitrogens is 2. The van der Waals surface area contributed by atoms with Crippen molar-refractivity contribution in [1.29, 1.82) is 0 Å². The highest BCUT2D eigenvalue weighted by Gasteiger charge is 2.40. The van der Waals surface area contributed by atoms with Crippen molar-refractivity contribution in [2.75, 3.05) is 13.7 Å². The van der Waals surface area contributed by atoms with Gasteiger partial charge in [-0.2, -0.15) is 0 Å². The number of aryl methyl sites for hydroxylation is 1. The molecule has 0 radical (unpaired) electrons. The minimum atomic E-state index is -0.275. The zero-order valence-corrected chi connectivity index (χ0v) is 16.0. The first-order chi connectivity index (χ1) is 13.7. The first-order valence-electron chi connectivity index (χ1n) is 9.41. The number of benzene rings is 2. The van der Waals surface area contributed by atoms with Crippen LogP contribution in [0.15, 0.2) is 59.0 Å². The summed E-state index contributed by atoms with van der Waals surface area (Å²) in [5.41, 5.74) is 2.87. The summed E-state index contributed by atoms with van der Waals surface area (Å²) >= 11 is 0. The Labute approximate surface area is 164 Å². The second kappa shape index (κ2) is 7.94. The minimum Gasteiger partial charge on any atom is -0.423 e. The SMILES string of the molecule is CO[C@H]1C[C@H](c2nnc(C)o2)N(C(=O)c2ccccc2Cc2ccccc2)C1. The summed E-state index contributed by atoms with van der Waals surface area (Å²) in [4.78, 5) is 15.3. The molecule has 1 fully saturated rings. The van der Waals surface area contributed by atoms with Crippen molar-refractivity contribution in [2.45, 2.75) is 31.9 Å². The van der Waals surface area contributed by atoms with E-state index in [0.29, 0.717) is 36.7 Å². The van der Waals surface area contributed by atoms with Crippen LogP contribution in [0.3, 0.4) is 0 Å². The molecule has 0 N–H and O–H groups in total. The number of nitrogens with zero attached hydrogens (tertiary/aromatic N) is 3. The molecular weight excluding hydrogens is 354 g/mol. The van der Waals surface area contributed by atoms with Gasteiger partial charge >= 0.3 is 0 Å². The maximum absolute atomic E-state index is 13.5. The fourth-order valence-corrected chi connectivity index (χ4v) is 3.73. The highest BCUT2D eigenvalue weighted by molar-refractivity contribution is 5.96. The normalized spacial score (nSPS) is 19.1. The summed E-state index contributed by atoms with van der Waals surface area (Å²) in [6.07, 6.45) is 1.29. The average Bonchev–Trinajstić information content (AvgIpc) is 3.35. The van der Waals surface area contributed by atoms with Gasteiger partial charge in [-0.1, -0.05) is 48.5 Å². The number of rotatable bonds is 5. The second-order valence-corrected chi connectivity index (χ2v) is 7.05. The molecule has 4 rings (SSSR count). The Kier molecular flexibility index (Phi) is 5.21. The van der Waals surface area contributed by atoms with E-state index in [1.165, 1.54) is 5.56 Å². The molecule has 1 aromatic heterocycles. The highest BCUT2D eigenvalue weighted by Crippen LogP contribution is 2.34. The second-order valence-electron chi connectivity index (χ2n) is 7.05. The molecule has 0 unspecified atom stereocenters. The third-order valence-corrected chi connectivity index (χ3v) is 5.17. The van der Waals surface area contributed by atoms with Crippen molar-refractivity contribution in [3.63, 3.8) is 0 Å². The topological polar surface area (TPSA) is 68.5 Å². The molecule has 0 spiro atoms. The Bertz CT molecular complexity index is 954. The third-order valence-electron chi connectivity index (χ3n) is 5.17. The van der Waals surface area contributed by atoms with Crippen LogP contribution < -0.4 is 0 Å². The van der Waals surface area contributed by atoms with Gasteiger partial charge in [0.2, 0.25) is 11.8 Å². The van der Waals surface area contributed by atoms with Crippen LogP contribution in [0.1, 0.15) is 45.7 Å². The number of ether oxygens (including phenoxy) is 1. The quantitative estimate of drug-likeness (QED) is 0.680. The molecule has 1 aliphatic rings. The van der Waals surface area contributed by atoms with Crippen LogP contribution in [-0.4, -0.2) is 40.8 Å². The Morgan fingerprint density at radius 3 is 2.61 bits per heavy atom. The van der Waals surface area contributed by atoms with Crippen LogP contribution in [0.4, 0.5) is 0 Å². The number of carbonyl (C=O) groups excluding carboxylic acids is 1. The van der Waals surface area contributed by atoms with E-state index in [2.05, 4.69) is 22.3 Å². The molecular formula is C22H23N3O3. The summed E-state index contributed by atoms with van der Waals surface area (Å²) in [5.74, 6) is 0.922. The number of carbonyl (C=O) groups is 1. The van der Waals surface area contributed by atoms with Crippen LogP contribution in [0.25, 0.3) is 0 Å². The number of hydrogen-bond acceptors (Lipinski definition) is 5. The number of amides is 1. The molecule has 2 atom stereocenters. The van der Waals surface area contributed by atoms with Gasteiger partial charge in [-0.3, -0.25) is 4.79 Å². The fourth-order valence-electron chi connectivity index (χ4n) is 3.73. The van der Waals surface area contributed by atoms with Crippen molar-refractivity contribution >= 4 is 5.91 Å². The maximum Gasteiger partial charge on any atom is 0.254 e. The van der Waals surface area contributed by atoms with Gasteiger partial charge in [0.05, 0.1) is 6.10 Å². The predicted molar refractivity (Wildman–Crippen MR) is 104 cm³/mol. The molecule has 2 heterocycles. The van der Waals surface area contributed by atoms with E-state index in [4.69, 9.17) is 9.15 Å². The summed E-state index contributed by atoms with van der Waals surface area (Å²) in [5, 5.41) is 8.07. The van der Waals surface area contributed by atoms with Crippen molar-refractivity contribution in [2.24, 2.45) is 0 Å². The van der Waals surface area contributed by atoms with Crippen LogP contribution in [-0.2, 0) is 11.2 Å². The summed E-state index contributed by atoms with van der Waals surface area (Å²) < 4.78 is 11.2. The van der Waals surface area contributed by atoms with Gasteiger partial charge in [-0.15, -0.1) is 10.2 Å². The lowest BCUT2D eigenvalue weighted by Gasteiger charge is -2.23. The lowest BCUT2D eigenvalue weighted by atomic mass is 9.99. The largest absolute Gasteiger partial charge is 0.423 e. The summed E-state index contributed by atoms with van der Waals surface area (Å²) in [6, 6.07) is 17.6. The van der Waals surface area contributed by atoms with Crippen molar-refractivity contribution in [3.8, 4) is 0 Å². The molecule has 0 bridgehead atoms. The van der Waals surface area contributed by atoms with E-state index in [-0.39, 0.29) is 18.1 Å². The summed E-state index contributed by atoms with van der Waals surface area (Å²) in [6.45, 7) is 2.25. The van der Waals surface area contributed by atoms with Crippen molar-refractivity contribution in [3.05, 3.63) is 83.1 Å². The van der Waals surface area contributed by atoms with E-state index in [9.17, 15) is 4.79 Å². The molecule has 0 aliphatic carbocycles. The van der Waals surface area contributed by atoms with Crippen LogP contribution in [0, 0.1) is 6.92 Å². The Morgan fingerprint density at radius 2 is 1.89 bits per heavy atom. The zero-order chi connectivity index (χ0) is 19.5. The molecule has 6 heteroatoms. The van der Waals surface area contributed by atoms with Crippen LogP contribution in [0.2, 0.25) is 0 Å². The Balaban J connectivity index is 1.64. The molecule has 0 saturated carbocycles. The molecule has 2 aromatic carbocycles. The molecule has 28 heavy (non-hydrogen) atoms. The van der Waals surface area contributed by atoms with Crippen molar-refractivity contribution < 1.29 is 13.9 Å². The van der Waals surface area contributed by atoms with Gasteiger partial charge in [0, 0.05) is 32.6 Å². The van der Waals surface area contributed by atoms with E-state index in [0.717, 1.165) is 5.56 Å². The Hall–Kier alpha value is -2.99. The first-order valence-corrected chi connectivity index (χ1v) is 9.41. The number of methoxy groups -OCH3 is 1. The number of likely N-dealkylation sites (tertiary alicyclic amines) is 1. The van der Waals surface area contributed by atoms with Crippen LogP contribution in [0.5, 0.6) is 0 Å². The van der Waals surface area contributed by atoms with E-state index >= 15 is 0 Å². The van der Waals surface area contributed by atoms with Crippen molar-refractivity contribution in [1.82, 2.24) is 15.1 Å². The van der Waals surface area contributed by atoms with Gasteiger partial charge < -0.3 is 14.1 Å². The molecule has 1 saturated heterocycles. The van der Waals surface area contributed by atoms with Gasteiger partial charge in [-0.25, -0.2) is 0 Å². The summed E-state index contributed by atoms with van der Waals surface area (Å²) in [7, 11) is 1.66. The smallest absolute Gasteiger partial charge is 0.254 e. The third kappa shape index (κ3) is 3.68. The highest BCUT2D eigenvalue weighted by atomic mass is 16.5. The average molecular weight is 377 g/mol. The van der Waals surface area contributed by atoms with Gasteiger partial charge in [-0.05, 0) is 23.6 Å².